The van der Waals surface area contributed by atoms with Crippen LogP contribution in [0.5, 0.6) is 5.75 Å². The third-order valence-corrected chi connectivity index (χ3v) is 6.63. The maximum Gasteiger partial charge on any atom is 0.329 e. The van der Waals surface area contributed by atoms with Gasteiger partial charge in [0.05, 0.1) is 12.2 Å². The molecule has 2 rings (SSSR count). The van der Waals surface area contributed by atoms with E-state index in [4.69, 9.17) is 28.4 Å². The van der Waals surface area contributed by atoms with Crippen molar-refractivity contribution in [2.75, 3.05) is 27.1 Å². The van der Waals surface area contributed by atoms with Crippen molar-refractivity contribution in [1.29, 1.82) is 0 Å². The molecule has 0 saturated carbocycles. The molecule has 1 saturated heterocycles. The standard InChI is InChI=1S/C29H46N2O9/c1-8-22-12-14-30-25(27(22)39-17-38-21(6)32)28(33)31-23-10-9-11-24(37-16-18(2)3)26(20(5)40-29(23)34)36-15-13-19(4)35-7/h12,14,18-20,23-24,26H,8-11,13,15-17H2,1-7H3,(H,31,33)/t19?,20-,23-,24-,26-/m0/s1. The zero-order valence-electron chi connectivity index (χ0n) is 24.9. The molecule has 1 amide bonds. The zero-order chi connectivity index (χ0) is 29.7. The molecule has 40 heavy (non-hydrogen) atoms. The van der Waals surface area contributed by atoms with E-state index in [-0.39, 0.29) is 30.4 Å². The fourth-order valence-corrected chi connectivity index (χ4v) is 4.28. The number of esters is 2. The van der Waals surface area contributed by atoms with Gasteiger partial charge in [0.25, 0.3) is 5.91 Å². The highest BCUT2D eigenvalue weighted by molar-refractivity contribution is 5.97. The van der Waals surface area contributed by atoms with Crippen molar-refractivity contribution in [3.8, 4) is 5.75 Å². The fraction of sp³-hybridized carbons (Fsp3) is 0.724. The minimum Gasteiger partial charge on any atom is -0.458 e. The number of methoxy groups -OCH3 is 1. The van der Waals surface area contributed by atoms with Gasteiger partial charge in [0.15, 0.2) is 11.4 Å². The number of aromatic nitrogens is 1. The maximum absolute atomic E-state index is 13.3. The van der Waals surface area contributed by atoms with Gasteiger partial charge in [-0.15, -0.1) is 0 Å². The summed E-state index contributed by atoms with van der Waals surface area (Å²) >= 11 is 0. The quantitative estimate of drug-likeness (QED) is 0.263. The van der Waals surface area contributed by atoms with Crippen LogP contribution in [0.4, 0.5) is 0 Å². The van der Waals surface area contributed by atoms with Gasteiger partial charge in [-0.2, -0.15) is 0 Å². The summed E-state index contributed by atoms with van der Waals surface area (Å²) in [6.45, 7) is 11.7. The largest absolute Gasteiger partial charge is 0.458 e. The molecule has 11 heteroatoms. The Balaban J connectivity index is 2.19. The molecular formula is C29H46N2O9. The summed E-state index contributed by atoms with van der Waals surface area (Å²) in [5.74, 6) is -1.12. The van der Waals surface area contributed by atoms with E-state index in [1.165, 1.54) is 13.1 Å². The number of nitrogens with one attached hydrogen (secondary N) is 1. The molecule has 1 aromatic rings. The second-order valence-electron chi connectivity index (χ2n) is 10.4. The lowest BCUT2D eigenvalue weighted by molar-refractivity contribution is -0.169. The Kier molecular flexibility index (Phi) is 14.3. The molecule has 1 aromatic heterocycles. The number of amides is 1. The van der Waals surface area contributed by atoms with Crippen molar-refractivity contribution in [2.24, 2.45) is 5.92 Å². The predicted molar refractivity (Wildman–Crippen MR) is 147 cm³/mol. The van der Waals surface area contributed by atoms with Crippen LogP contribution >= 0.6 is 0 Å². The van der Waals surface area contributed by atoms with Crippen LogP contribution in [0.15, 0.2) is 12.3 Å². The summed E-state index contributed by atoms with van der Waals surface area (Å²) in [4.78, 5) is 41.9. The minimum absolute atomic E-state index is 0.00108. The van der Waals surface area contributed by atoms with Crippen molar-refractivity contribution in [2.45, 2.75) is 104 Å². The highest BCUT2D eigenvalue weighted by Gasteiger charge is 2.36. The van der Waals surface area contributed by atoms with E-state index in [1.807, 2.05) is 13.8 Å². The Morgan fingerprint density at radius 3 is 2.60 bits per heavy atom. The summed E-state index contributed by atoms with van der Waals surface area (Å²) in [6, 6.07) is 0.821. The first-order valence-electron chi connectivity index (χ1n) is 14.1. The van der Waals surface area contributed by atoms with Gasteiger partial charge in [-0.25, -0.2) is 9.78 Å². The van der Waals surface area contributed by atoms with Gasteiger partial charge in [0, 0.05) is 33.4 Å². The van der Waals surface area contributed by atoms with Gasteiger partial charge in [-0.1, -0.05) is 20.8 Å². The third-order valence-electron chi connectivity index (χ3n) is 6.63. The van der Waals surface area contributed by atoms with Crippen LogP contribution in [0, 0.1) is 5.92 Å². The lowest BCUT2D eigenvalue weighted by atomic mass is 10.0. The Hall–Kier alpha value is -2.76. The highest BCUT2D eigenvalue weighted by atomic mass is 16.7. The second kappa shape index (κ2) is 17.1. The number of carbonyl (C=O) groups is 3. The maximum atomic E-state index is 13.3. The topological polar surface area (TPSA) is 132 Å². The van der Waals surface area contributed by atoms with E-state index < -0.39 is 36.1 Å². The van der Waals surface area contributed by atoms with Crippen molar-refractivity contribution >= 4 is 17.8 Å². The van der Waals surface area contributed by atoms with E-state index >= 15 is 0 Å². The molecule has 0 aliphatic carbocycles. The molecule has 1 N–H and O–H groups in total. The van der Waals surface area contributed by atoms with E-state index in [0.717, 1.165) is 0 Å². The summed E-state index contributed by atoms with van der Waals surface area (Å²) in [7, 11) is 1.65. The van der Waals surface area contributed by atoms with E-state index in [0.29, 0.717) is 56.8 Å². The molecule has 226 valence electrons. The number of rotatable bonds is 14. The number of hydrogen-bond acceptors (Lipinski definition) is 10. The average molecular weight is 567 g/mol. The number of aryl methyl sites for hydroxylation is 1. The number of hydrogen-bond donors (Lipinski definition) is 1. The Morgan fingerprint density at radius 2 is 1.95 bits per heavy atom. The van der Waals surface area contributed by atoms with Crippen LogP contribution < -0.4 is 10.1 Å². The lowest BCUT2D eigenvalue weighted by Crippen LogP contribution is -2.46. The molecule has 1 aliphatic rings. The minimum atomic E-state index is -0.902. The van der Waals surface area contributed by atoms with Gasteiger partial charge in [-0.05, 0) is 63.5 Å². The summed E-state index contributed by atoms with van der Waals surface area (Å²) in [6.07, 6.45) is 3.01. The first-order chi connectivity index (χ1) is 19.1. The molecule has 0 radical (unpaired) electrons. The predicted octanol–water partition coefficient (Wildman–Crippen LogP) is 3.61. The lowest BCUT2D eigenvalue weighted by Gasteiger charge is -2.31. The first kappa shape index (κ1) is 33.4. The molecule has 1 aliphatic heterocycles. The summed E-state index contributed by atoms with van der Waals surface area (Å²) in [5.41, 5.74) is 0.713. The fourth-order valence-electron chi connectivity index (χ4n) is 4.28. The van der Waals surface area contributed by atoms with E-state index in [2.05, 4.69) is 24.1 Å². The Bertz CT molecular complexity index is 955. The Morgan fingerprint density at radius 1 is 1.20 bits per heavy atom. The number of cyclic esters (lactones) is 1. The zero-order valence-corrected chi connectivity index (χ0v) is 24.9. The average Bonchev–Trinajstić information content (AvgIpc) is 2.96. The molecule has 1 unspecified atom stereocenters. The number of carbonyl (C=O) groups excluding carboxylic acids is 3. The highest BCUT2D eigenvalue weighted by Crippen LogP contribution is 2.25. The van der Waals surface area contributed by atoms with Crippen LogP contribution in [0.3, 0.4) is 0 Å². The summed E-state index contributed by atoms with van der Waals surface area (Å²) < 4.78 is 34.0. The molecule has 0 aromatic carbocycles. The SMILES string of the molecule is CCc1ccnc(C(=O)N[C@H]2CCC[C@H](OCC(C)C)[C@@H](OCCC(C)OC)[C@H](C)OC2=O)c1OCOC(C)=O. The molecule has 11 nitrogen and oxygen atoms in total. The van der Waals surface area contributed by atoms with Crippen molar-refractivity contribution in [1.82, 2.24) is 10.3 Å². The van der Waals surface area contributed by atoms with Crippen molar-refractivity contribution in [3.63, 3.8) is 0 Å². The van der Waals surface area contributed by atoms with Crippen molar-refractivity contribution in [3.05, 3.63) is 23.5 Å². The summed E-state index contributed by atoms with van der Waals surface area (Å²) in [5, 5.41) is 2.78. The number of pyridine rings is 1. The third kappa shape index (κ3) is 10.7. The van der Waals surface area contributed by atoms with E-state index in [1.54, 1.807) is 20.1 Å². The van der Waals surface area contributed by atoms with Crippen molar-refractivity contribution < 1.29 is 42.8 Å². The molecule has 0 spiro atoms. The molecule has 1 fully saturated rings. The molecule has 0 bridgehead atoms. The van der Waals surface area contributed by atoms with Crippen LogP contribution in [0.2, 0.25) is 0 Å². The van der Waals surface area contributed by atoms with Gasteiger partial charge >= 0.3 is 11.9 Å². The van der Waals surface area contributed by atoms with Crippen LogP contribution in [-0.4, -0.2) is 80.4 Å². The normalized spacial score (nSPS) is 22.4. The number of nitrogens with zero attached hydrogens (tertiary/aromatic N) is 1. The molecular weight excluding hydrogens is 520 g/mol. The van der Waals surface area contributed by atoms with Crippen LogP contribution in [0.25, 0.3) is 0 Å². The number of ether oxygens (including phenoxy) is 6. The van der Waals surface area contributed by atoms with Gasteiger partial charge < -0.3 is 33.7 Å². The smallest absolute Gasteiger partial charge is 0.329 e. The molecule has 2 heterocycles. The van der Waals surface area contributed by atoms with E-state index in [9.17, 15) is 14.4 Å². The Labute approximate surface area is 237 Å². The second-order valence-corrected chi connectivity index (χ2v) is 10.4. The van der Waals surface area contributed by atoms with Crippen LogP contribution in [-0.2, 0) is 39.7 Å². The van der Waals surface area contributed by atoms with Gasteiger partial charge in [0.2, 0.25) is 6.79 Å². The first-order valence-corrected chi connectivity index (χ1v) is 14.1. The monoisotopic (exact) mass is 566 g/mol. The van der Waals surface area contributed by atoms with Crippen LogP contribution in [0.1, 0.15) is 83.3 Å². The molecule has 5 atom stereocenters. The van der Waals surface area contributed by atoms with Gasteiger partial charge in [-0.3, -0.25) is 9.59 Å². The van der Waals surface area contributed by atoms with Gasteiger partial charge in [0.1, 0.15) is 18.2 Å².